The summed E-state index contributed by atoms with van der Waals surface area (Å²) >= 11 is 0. The first-order chi connectivity index (χ1) is 9.85. The van der Waals surface area contributed by atoms with Crippen LogP contribution in [0.25, 0.3) is 0 Å². The predicted molar refractivity (Wildman–Crippen MR) is 89.4 cm³/mol. The van der Waals surface area contributed by atoms with Crippen molar-refractivity contribution in [2.75, 3.05) is 13.7 Å². The Bertz CT molecular complexity index is 443. The molecule has 1 aliphatic rings. The van der Waals surface area contributed by atoms with Gasteiger partial charge in [-0.3, -0.25) is 4.79 Å². The summed E-state index contributed by atoms with van der Waals surface area (Å²) in [5.41, 5.74) is 5.14. The summed E-state index contributed by atoms with van der Waals surface area (Å²) in [6.07, 6.45) is 3.96. The highest BCUT2D eigenvalue weighted by Gasteiger charge is 2.43. The number of esters is 1. The number of ether oxygens (including phenoxy) is 1. The molecule has 0 radical (unpaired) electrons. The quantitative estimate of drug-likeness (QED) is 0.675. The standard InChI is InChI=1S/C14H28N2O4S.ClH/c1-4-14(5-2,10-15)16-21(18,19)12-9-7-6-8-11(12)13(17)20-3;/h11-12,16H,4-10,15H2,1-3H3;1H. The number of sulfonamides is 1. The van der Waals surface area contributed by atoms with Gasteiger partial charge in [0.25, 0.3) is 0 Å². The summed E-state index contributed by atoms with van der Waals surface area (Å²) in [5.74, 6) is -1.01. The minimum atomic E-state index is -3.61. The number of carbonyl (C=O) groups excluding carboxylic acids is 1. The van der Waals surface area contributed by atoms with Gasteiger partial charge in [0.2, 0.25) is 10.0 Å². The third-order valence-corrected chi connectivity index (χ3v) is 6.79. The third-order valence-electron chi connectivity index (χ3n) is 4.71. The zero-order valence-corrected chi connectivity index (χ0v) is 15.3. The second-order valence-electron chi connectivity index (χ2n) is 5.79. The lowest BCUT2D eigenvalue weighted by molar-refractivity contribution is -0.146. The van der Waals surface area contributed by atoms with Crippen LogP contribution in [0.3, 0.4) is 0 Å². The van der Waals surface area contributed by atoms with Crippen molar-refractivity contribution in [1.82, 2.24) is 4.72 Å². The van der Waals surface area contributed by atoms with E-state index >= 15 is 0 Å². The topological polar surface area (TPSA) is 98.5 Å². The summed E-state index contributed by atoms with van der Waals surface area (Å²) in [7, 11) is -2.31. The lowest BCUT2D eigenvalue weighted by atomic mass is 9.89. The molecule has 1 rings (SSSR count). The molecule has 0 heterocycles. The molecule has 1 aliphatic carbocycles. The Labute approximate surface area is 140 Å². The van der Waals surface area contributed by atoms with Gasteiger partial charge in [0.05, 0.1) is 18.3 Å². The lowest BCUT2D eigenvalue weighted by Gasteiger charge is -2.36. The summed E-state index contributed by atoms with van der Waals surface area (Å²) in [6, 6.07) is 0. The maximum atomic E-state index is 12.7. The van der Waals surface area contributed by atoms with E-state index in [4.69, 9.17) is 10.5 Å². The Balaban J connectivity index is 0.00000441. The van der Waals surface area contributed by atoms with E-state index in [0.717, 1.165) is 12.8 Å². The molecule has 0 saturated heterocycles. The van der Waals surface area contributed by atoms with E-state index in [1.807, 2.05) is 13.8 Å². The molecule has 22 heavy (non-hydrogen) atoms. The van der Waals surface area contributed by atoms with E-state index in [1.54, 1.807) is 0 Å². The molecule has 8 heteroatoms. The first kappa shape index (κ1) is 21.6. The number of hydrogen-bond donors (Lipinski definition) is 2. The van der Waals surface area contributed by atoms with Gasteiger partial charge in [0.1, 0.15) is 0 Å². The number of rotatable bonds is 7. The molecular weight excluding hydrogens is 328 g/mol. The highest BCUT2D eigenvalue weighted by molar-refractivity contribution is 7.90. The first-order valence-electron chi connectivity index (χ1n) is 7.66. The molecule has 2 atom stereocenters. The van der Waals surface area contributed by atoms with Crippen LogP contribution in [0.15, 0.2) is 0 Å². The molecule has 1 fully saturated rings. The molecule has 0 amide bonds. The number of hydrogen-bond acceptors (Lipinski definition) is 5. The van der Waals surface area contributed by atoms with Crippen LogP contribution in [-0.2, 0) is 19.6 Å². The minimum Gasteiger partial charge on any atom is -0.469 e. The van der Waals surface area contributed by atoms with E-state index in [9.17, 15) is 13.2 Å². The molecule has 6 nitrogen and oxygen atoms in total. The Morgan fingerprint density at radius 1 is 1.27 bits per heavy atom. The molecule has 0 aromatic heterocycles. The van der Waals surface area contributed by atoms with Crippen LogP contribution < -0.4 is 10.5 Å². The van der Waals surface area contributed by atoms with E-state index in [1.165, 1.54) is 7.11 Å². The van der Waals surface area contributed by atoms with Crippen molar-refractivity contribution in [1.29, 1.82) is 0 Å². The number of methoxy groups -OCH3 is 1. The fourth-order valence-electron chi connectivity index (χ4n) is 2.99. The second-order valence-corrected chi connectivity index (χ2v) is 7.69. The zero-order chi connectivity index (χ0) is 16.1. The average Bonchev–Trinajstić information content (AvgIpc) is 2.52. The fourth-order valence-corrected chi connectivity index (χ4v) is 5.28. The van der Waals surface area contributed by atoms with Gasteiger partial charge in [-0.1, -0.05) is 26.7 Å². The van der Waals surface area contributed by atoms with Crippen molar-refractivity contribution >= 4 is 28.4 Å². The van der Waals surface area contributed by atoms with Crippen molar-refractivity contribution in [3.05, 3.63) is 0 Å². The van der Waals surface area contributed by atoms with Gasteiger partial charge in [0, 0.05) is 12.1 Å². The number of carbonyl (C=O) groups is 1. The van der Waals surface area contributed by atoms with Gasteiger partial charge in [0.15, 0.2) is 0 Å². The van der Waals surface area contributed by atoms with Gasteiger partial charge in [-0.05, 0) is 25.7 Å². The Hall–Kier alpha value is -0.370. The molecule has 2 unspecified atom stereocenters. The number of halogens is 1. The second kappa shape index (κ2) is 9.05. The molecule has 132 valence electrons. The normalized spacial score (nSPS) is 22.7. The molecule has 0 spiro atoms. The molecule has 1 saturated carbocycles. The average molecular weight is 357 g/mol. The van der Waals surface area contributed by atoms with Crippen molar-refractivity contribution < 1.29 is 17.9 Å². The van der Waals surface area contributed by atoms with Crippen LogP contribution in [0.4, 0.5) is 0 Å². The largest absolute Gasteiger partial charge is 0.469 e. The number of nitrogens with one attached hydrogen (secondary N) is 1. The predicted octanol–water partition coefficient (Wildman–Crippen LogP) is 1.58. The van der Waals surface area contributed by atoms with Crippen molar-refractivity contribution in [3.63, 3.8) is 0 Å². The smallest absolute Gasteiger partial charge is 0.310 e. The van der Waals surface area contributed by atoms with Crippen molar-refractivity contribution in [2.45, 2.75) is 63.2 Å². The summed E-state index contributed by atoms with van der Waals surface area (Å²) < 4.78 is 33.0. The SMILES string of the molecule is CCC(CC)(CN)NS(=O)(=O)C1CCCCC1C(=O)OC.Cl. The van der Waals surface area contributed by atoms with Crippen molar-refractivity contribution in [3.8, 4) is 0 Å². The highest BCUT2D eigenvalue weighted by Crippen LogP contribution is 2.31. The molecule has 0 aliphatic heterocycles. The molecule has 0 aromatic carbocycles. The Morgan fingerprint density at radius 3 is 2.27 bits per heavy atom. The molecule has 0 aromatic rings. The molecular formula is C14H29ClN2O4S. The number of nitrogens with two attached hydrogens (primary N) is 1. The van der Waals surface area contributed by atoms with Gasteiger partial charge in [-0.25, -0.2) is 13.1 Å². The maximum absolute atomic E-state index is 12.7. The van der Waals surface area contributed by atoms with Crippen LogP contribution in [-0.4, -0.2) is 38.8 Å². The first-order valence-corrected chi connectivity index (χ1v) is 9.21. The fraction of sp³-hybridized carbons (Fsp3) is 0.929. The summed E-state index contributed by atoms with van der Waals surface area (Å²) in [4.78, 5) is 11.9. The highest BCUT2D eigenvalue weighted by atomic mass is 35.5. The monoisotopic (exact) mass is 356 g/mol. The van der Waals surface area contributed by atoms with Gasteiger partial charge >= 0.3 is 5.97 Å². The zero-order valence-electron chi connectivity index (χ0n) is 13.6. The van der Waals surface area contributed by atoms with Crippen LogP contribution in [0.1, 0.15) is 52.4 Å². The van der Waals surface area contributed by atoms with Crippen LogP contribution in [0.5, 0.6) is 0 Å². The van der Waals surface area contributed by atoms with Crippen molar-refractivity contribution in [2.24, 2.45) is 11.7 Å². The Morgan fingerprint density at radius 2 is 1.82 bits per heavy atom. The van der Waals surface area contributed by atoms with Gasteiger partial charge < -0.3 is 10.5 Å². The van der Waals surface area contributed by atoms with Crippen LogP contribution >= 0.6 is 12.4 Å². The van der Waals surface area contributed by atoms with E-state index in [-0.39, 0.29) is 19.0 Å². The molecule has 3 N–H and O–H groups in total. The van der Waals surface area contributed by atoms with E-state index in [2.05, 4.69) is 4.72 Å². The van der Waals surface area contributed by atoms with Crippen LogP contribution in [0.2, 0.25) is 0 Å². The van der Waals surface area contributed by atoms with E-state index < -0.39 is 32.7 Å². The third kappa shape index (κ3) is 4.81. The maximum Gasteiger partial charge on any atom is 0.310 e. The minimum absolute atomic E-state index is 0. The summed E-state index contributed by atoms with van der Waals surface area (Å²) in [6.45, 7) is 4.07. The van der Waals surface area contributed by atoms with Gasteiger partial charge in [-0.15, -0.1) is 12.4 Å². The molecule has 0 bridgehead atoms. The van der Waals surface area contributed by atoms with Gasteiger partial charge in [-0.2, -0.15) is 0 Å². The van der Waals surface area contributed by atoms with E-state index in [0.29, 0.717) is 25.7 Å². The lowest BCUT2D eigenvalue weighted by Crippen LogP contribution is -2.56. The Kier molecular flexibility index (Phi) is 8.90. The summed E-state index contributed by atoms with van der Waals surface area (Å²) in [5, 5.41) is -0.720. The van der Waals surface area contributed by atoms with Crippen LogP contribution in [0, 0.1) is 5.92 Å².